The van der Waals surface area contributed by atoms with Crippen molar-refractivity contribution in [1.82, 2.24) is 0 Å². The molecule has 0 aromatic heterocycles. The predicted octanol–water partition coefficient (Wildman–Crippen LogP) is 5.90. The van der Waals surface area contributed by atoms with Crippen LogP contribution in [-0.2, 0) is 24.1 Å². The van der Waals surface area contributed by atoms with E-state index < -0.39 is 5.97 Å². The summed E-state index contributed by atoms with van der Waals surface area (Å²) in [5.74, 6) is 0.676. The van der Waals surface area contributed by atoms with Crippen LogP contribution in [0.25, 0.3) is 0 Å². The van der Waals surface area contributed by atoms with E-state index in [-0.39, 0.29) is 5.92 Å². The normalized spacial score (nSPS) is 24.6. The van der Waals surface area contributed by atoms with E-state index in [2.05, 4.69) is 26.0 Å². The number of carbonyl (C=O) groups is 1. The summed E-state index contributed by atoms with van der Waals surface area (Å²) in [4.78, 5) is 11.2. The van der Waals surface area contributed by atoms with Gasteiger partial charge in [-0.15, -0.1) is 0 Å². The average molecular weight is 343 g/mol. The Morgan fingerprint density at radius 2 is 1.72 bits per heavy atom. The van der Waals surface area contributed by atoms with Crippen LogP contribution in [0, 0.1) is 11.8 Å². The monoisotopic (exact) mass is 342 g/mol. The highest BCUT2D eigenvalue weighted by molar-refractivity contribution is 5.70. The van der Waals surface area contributed by atoms with Crippen LogP contribution in [0.1, 0.15) is 93.4 Å². The van der Waals surface area contributed by atoms with Gasteiger partial charge >= 0.3 is 5.97 Å². The van der Waals surface area contributed by atoms with Crippen LogP contribution in [0.15, 0.2) is 12.1 Å². The first-order chi connectivity index (χ1) is 12.1. The van der Waals surface area contributed by atoms with E-state index in [0.29, 0.717) is 11.8 Å². The van der Waals surface area contributed by atoms with Crippen LogP contribution < -0.4 is 0 Å². The Morgan fingerprint density at radius 1 is 1.08 bits per heavy atom. The lowest BCUT2D eigenvalue weighted by Crippen LogP contribution is -2.22. The summed E-state index contributed by atoms with van der Waals surface area (Å²) < 4.78 is 0. The third-order valence-electron chi connectivity index (χ3n) is 6.73. The maximum Gasteiger partial charge on any atom is 0.306 e. The minimum absolute atomic E-state index is 0.0914. The van der Waals surface area contributed by atoms with Crippen LogP contribution in [-0.4, -0.2) is 11.1 Å². The van der Waals surface area contributed by atoms with Crippen LogP contribution in [0.5, 0.6) is 0 Å². The molecule has 0 spiro atoms. The topological polar surface area (TPSA) is 37.3 Å². The molecule has 1 aromatic rings. The summed E-state index contributed by atoms with van der Waals surface area (Å²) >= 11 is 0. The standard InChI is InChI=1S/C23H34O2/c1-3-17(13-16-9-11-19(12-10-16)23(24)25)22-15-21-8-6-5-7-20(21)14-18(22)4-2/h14-17,19H,3-13H2,1-2H3,(H,24,25). The highest BCUT2D eigenvalue weighted by atomic mass is 16.4. The van der Waals surface area contributed by atoms with Crippen LogP contribution in [0.4, 0.5) is 0 Å². The fourth-order valence-corrected chi connectivity index (χ4v) is 5.10. The van der Waals surface area contributed by atoms with Crippen molar-refractivity contribution in [2.24, 2.45) is 11.8 Å². The summed E-state index contributed by atoms with van der Waals surface area (Å²) in [5.41, 5.74) is 6.37. The molecule has 2 nitrogen and oxygen atoms in total. The number of aliphatic carboxylic acids is 1. The fourth-order valence-electron chi connectivity index (χ4n) is 5.10. The van der Waals surface area contributed by atoms with Gasteiger partial charge < -0.3 is 5.11 Å². The zero-order chi connectivity index (χ0) is 17.8. The van der Waals surface area contributed by atoms with Gasteiger partial charge in [-0.25, -0.2) is 0 Å². The molecule has 2 heteroatoms. The van der Waals surface area contributed by atoms with E-state index in [0.717, 1.165) is 32.1 Å². The minimum Gasteiger partial charge on any atom is -0.481 e. The number of aryl methyl sites for hydroxylation is 3. The Bertz CT molecular complexity index is 596. The van der Waals surface area contributed by atoms with Gasteiger partial charge in [-0.05, 0) is 105 Å². The van der Waals surface area contributed by atoms with Crippen LogP contribution in [0.3, 0.4) is 0 Å². The summed E-state index contributed by atoms with van der Waals surface area (Å²) in [6, 6.07) is 5.05. The second-order valence-corrected chi connectivity index (χ2v) is 8.28. The van der Waals surface area contributed by atoms with Gasteiger partial charge in [0.25, 0.3) is 0 Å². The number of fused-ring (bicyclic) bond motifs is 1. The molecule has 138 valence electrons. The third-order valence-corrected chi connectivity index (χ3v) is 6.73. The van der Waals surface area contributed by atoms with Crippen molar-refractivity contribution in [1.29, 1.82) is 0 Å². The van der Waals surface area contributed by atoms with E-state index in [9.17, 15) is 9.90 Å². The maximum atomic E-state index is 11.2. The zero-order valence-corrected chi connectivity index (χ0v) is 16.0. The molecule has 2 aliphatic carbocycles. The van der Waals surface area contributed by atoms with Gasteiger partial charge in [0.2, 0.25) is 0 Å². The Morgan fingerprint density at radius 3 is 2.28 bits per heavy atom. The van der Waals surface area contributed by atoms with Crippen molar-refractivity contribution in [2.45, 2.75) is 90.4 Å². The quantitative estimate of drug-likeness (QED) is 0.698. The number of benzene rings is 1. The molecule has 2 aliphatic rings. The van der Waals surface area contributed by atoms with Gasteiger partial charge in [-0.2, -0.15) is 0 Å². The number of rotatable bonds is 6. The van der Waals surface area contributed by atoms with E-state index in [1.165, 1.54) is 38.5 Å². The molecule has 0 bridgehead atoms. The van der Waals surface area contributed by atoms with E-state index >= 15 is 0 Å². The molecule has 1 atom stereocenters. The number of carboxylic acid groups (broad SMARTS) is 1. The lowest BCUT2D eigenvalue weighted by Gasteiger charge is -2.30. The van der Waals surface area contributed by atoms with Gasteiger partial charge in [0.1, 0.15) is 0 Å². The molecular weight excluding hydrogens is 308 g/mol. The Balaban J connectivity index is 1.73. The predicted molar refractivity (Wildman–Crippen MR) is 103 cm³/mol. The van der Waals surface area contributed by atoms with Crippen molar-refractivity contribution in [3.05, 3.63) is 34.4 Å². The van der Waals surface area contributed by atoms with Gasteiger partial charge in [-0.1, -0.05) is 26.0 Å². The highest BCUT2D eigenvalue weighted by Gasteiger charge is 2.28. The first-order valence-corrected chi connectivity index (χ1v) is 10.5. The fraction of sp³-hybridized carbons (Fsp3) is 0.696. The number of hydrogen-bond acceptors (Lipinski definition) is 1. The first-order valence-electron chi connectivity index (χ1n) is 10.5. The number of carboxylic acids is 1. The van der Waals surface area contributed by atoms with E-state index in [1.807, 2.05) is 0 Å². The average Bonchev–Trinajstić information content (AvgIpc) is 2.65. The summed E-state index contributed by atoms with van der Waals surface area (Å²) in [6.45, 7) is 4.62. The summed E-state index contributed by atoms with van der Waals surface area (Å²) in [6.07, 6.45) is 12.7. The molecule has 0 heterocycles. The second kappa shape index (κ2) is 8.38. The molecule has 1 unspecified atom stereocenters. The van der Waals surface area contributed by atoms with Crippen molar-refractivity contribution < 1.29 is 9.90 Å². The molecule has 3 rings (SSSR count). The molecule has 1 saturated carbocycles. The lowest BCUT2D eigenvalue weighted by atomic mass is 9.74. The van der Waals surface area contributed by atoms with Crippen LogP contribution >= 0.6 is 0 Å². The number of hydrogen-bond donors (Lipinski definition) is 1. The van der Waals surface area contributed by atoms with Gasteiger partial charge in [0.15, 0.2) is 0 Å². The largest absolute Gasteiger partial charge is 0.481 e. The first kappa shape index (κ1) is 18.5. The molecule has 1 N–H and O–H groups in total. The SMILES string of the molecule is CCc1cc2c(cc1C(CC)CC1CCC(C(=O)O)CC1)CCCC2. The minimum atomic E-state index is -0.589. The van der Waals surface area contributed by atoms with Crippen molar-refractivity contribution in [3.63, 3.8) is 0 Å². The Hall–Kier alpha value is -1.31. The third kappa shape index (κ3) is 4.27. The second-order valence-electron chi connectivity index (χ2n) is 8.28. The van der Waals surface area contributed by atoms with Gasteiger partial charge in [0, 0.05) is 0 Å². The van der Waals surface area contributed by atoms with Crippen molar-refractivity contribution in [3.8, 4) is 0 Å². The molecule has 0 amide bonds. The Kier molecular flexibility index (Phi) is 6.19. The summed E-state index contributed by atoms with van der Waals surface area (Å²) in [5, 5.41) is 9.21. The lowest BCUT2D eigenvalue weighted by molar-refractivity contribution is -0.143. The molecule has 1 aromatic carbocycles. The van der Waals surface area contributed by atoms with Gasteiger partial charge in [0.05, 0.1) is 5.92 Å². The van der Waals surface area contributed by atoms with Crippen molar-refractivity contribution in [2.75, 3.05) is 0 Å². The van der Waals surface area contributed by atoms with E-state index in [4.69, 9.17) is 0 Å². The van der Waals surface area contributed by atoms with E-state index in [1.54, 1.807) is 22.3 Å². The zero-order valence-electron chi connectivity index (χ0n) is 16.0. The molecule has 0 aliphatic heterocycles. The van der Waals surface area contributed by atoms with Gasteiger partial charge in [-0.3, -0.25) is 4.79 Å². The van der Waals surface area contributed by atoms with Crippen LogP contribution in [0.2, 0.25) is 0 Å². The smallest absolute Gasteiger partial charge is 0.306 e. The molecule has 0 radical (unpaired) electrons. The molecule has 25 heavy (non-hydrogen) atoms. The summed E-state index contributed by atoms with van der Waals surface area (Å²) in [7, 11) is 0. The van der Waals surface area contributed by atoms with Crippen molar-refractivity contribution >= 4 is 5.97 Å². The molecular formula is C23H34O2. The highest BCUT2D eigenvalue weighted by Crippen LogP contribution is 2.39. The maximum absolute atomic E-state index is 11.2. The molecule has 1 fully saturated rings. The Labute approximate surface area is 153 Å². The molecule has 0 saturated heterocycles.